The molecule has 0 unspecified atom stereocenters. The van der Waals surface area contributed by atoms with Gasteiger partial charge in [-0.25, -0.2) is 4.98 Å². The standard InChI is InChI=1S/C21H25N5O/c1-13-8-10-16(11-9-13)23-19-17(21(27)24-15-6-4-5-7-15)12-22-20-18(19)14(2)25-26(20)3/h8-12,15H,4-7H2,1-3H3,(H,22,23)(H,24,27). The summed E-state index contributed by atoms with van der Waals surface area (Å²) in [6.45, 7) is 4.00. The highest BCUT2D eigenvalue weighted by Gasteiger charge is 2.23. The van der Waals surface area contributed by atoms with Crippen molar-refractivity contribution in [1.29, 1.82) is 0 Å². The fourth-order valence-corrected chi connectivity index (χ4v) is 3.83. The van der Waals surface area contributed by atoms with Gasteiger partial charge < -0.3 is 10.6 Å². The van der Waals surface area contributed by atoms with E-state index in [1.165, 1.54) is 18.4 Å². The van der Waals surface area contributed by atoms with E-state index in [2.05, 4.69) is 39.8 Å². The van der Waals surface area contributed by atoms with E-state index < -0.39 is 0 Å². The number of amides is 1. The Kier molecular flexibility index (Phi) is 4.56. The first-order valence-electron chi connectivity index (χ1n) is 9.50. The second-order valence-electron chi connectivity index (χ2n) is 7.40. The van der Waals surface area contributed by atoms with Gasteiger partial charge in [-0.05, 0) is 38.8 Å². The number of benzene rings is 1. The number of carbonyl (C=O) groups excluding carboxylic acids is 1. The van der Waals surface area contributed by atoms with Crippen LogP contribution in [0.5, 0.6) is 0 Å². The zero-order valence-electron chi connectivity index (χ0n) is 16.0. The van der Waals surface area contributed by atoms with Crippen molar-refractivity contribution in [1.82, 2.24) is 20.1 Å². The van der Waals surface area contributed by atoms with Gasteiger partial charge in [-0.15, -0.1) is 0 Å². The molecule has 1 saturated carbocycles. The van der Waals surface area contributed by atoms with Gasteiger partial charge in [0, 0.05) is 25.0 Å². The lowest BCUT2D eigenvalue weighted by atomic mass is 10.1. The van der Waals surface area contributed by atoms with Crippen molar-refractivity contribution in [3.63, 3.8) is 0 Å². The Labute approximate surface area is 159 Å². The molecular formula is C21H25N5O. The lowest BCUT2D eigenvalue weighted by molar-refractivity contribution is 0.0938. The van der Waals surface area contributed by atoms with Crippen molar-refractivity contribution in [2.75, 3.05) is 5.32 Å². The number of hydrogen-bond donors (Lipinski definition) is 2. The average molecular weight is 363 g/mol. The van der Waals surface area contributed by atoms with Crippen LogP contribution in [0.4, 0.5) is 11.4 Å². The van der Waals surface area contributed by atoms with E-state index in [0.717, 1.165) is 40.9 Å². The molecule has 2 aromatic heterocycles. The minimum Gasteiger partial charge on any atom is -0.354 e. The van der Waals surface area contributed by atoms with Crippen LogP contribution in [0, 0.1) is 13.8 Å². The summed E-state index contributed by atoms with van der Waals surface area (Å²) in [5, 5.41) is 12.0. The molecule has 0 radical (unpaired) electrons. The SMILES string of the molecule is Cc1ccc(Nc2c(C(=O)NC3CCCC3)cnc3c2c(C)nn3C)cc1. The van der Waals surface area contributed by atoms with Crippen LogP contribution in [0.2, 0.25) is 0 Å². The zero-order chi connectivity index (χ0) is 19.0. The molecule has 0 saturated heterocycles. The Hall–Kier alpha value is -2.89. The third-order valence-electron chi connectivity index (χ3n) is 5.28. The highest BCUT2D eigenvalue weighted by Crippen LogP contribution is 2.31. The number of aromatic nitrogens is 3. The second-order valence-corrected chi connectivity index (χ2v) is 7.40. The van der Waals surface area contributed by atoms with E-state index in [4.69, 9.17) is 0 Å². The summed E-state index contributed by atoms with van der Waals surface area (Å²) in [5.74, 6) is -0.0748. The van der Waals surface area contributed by atoms with Crippen LogP contribution in [-0.4, -0.2) is 26.7 Å². The largest absolute Gasteiger partial charge is 0.354 e. The van der Waals surface area contributed by atoms with Crippen LogP contribution in [0.25, 0.3) is 11.0 Å². The molecule has 0 spiro atoms. The van der Waals surface area contributed by atoms with Crippen molar-refractivity contribution in [2.24, 2.45) is 7.05 Å². The lowest BCUT2D eigenvalue weighted by Gasteiger charge is -2.16. The van der Waals surface area contributed by atoms with Gasteiger partial charge in [0.25, 0.3) is 5.91 Å². The minimum atomic E-state index is -0.0748. The van der Waals surface area contributed by atoms with E-state index >= 15 is 0 Å². The first-order valence-corrected chi connectivity index (χ1v) is 9.50. The molecule has 0 bridgehead atoms. The monoisotopic (exact) mass is 363 g/mol. The van der Waals surface area contributed by atoms with Crippen molar-refractivity contribution in [3.8, 4) is 0 Å². The van der Waals surface area contributed by atoms with Crippen LogP contribution in [0.1, 0.15) is 47.3 Å². The molecule has 0 atom stereocenters. The molecule has 6 heteroatoms. The summed E-state index contributed by atoms with van der Waals surface area (Å²) >= 11 is 0. The van der Waals surface area contributed by atoms with Crippen molar-refractivity contribution < 1.29 is 4.79 Å². The fraction of sp³-hybridized carbons (Fsp3) is 0.381. The van der Waals surface area contributed by atoms with E-state index in [0.29, 0.717) is 5.56 Å². The van der Waals surface area contributed by atoms with Gasteiger partial charge in [0.2, 0.25) is 0 Å². The predicted molar refractivity (Wildman–Crippen MR) is 107 cm³/mol. The molecule has 140 valence electrons. The summed E-state index contributed by atoms with van der Waals surface area (Å²) in [4.78, 5) is 17.5. The van der Waals surface area contributed by atoms with Crippen LogP contribution in [0.15, 0.2) is 30.5 Å². The van der Waals surface area contributed by atoms with Crippen molar-refractivity contribution >= 4 is 28.3 Å². The molecule has 1 aliphatic rings. The van der Waals surface area contributed by atoms with Gasteiger partial charge in [-0.1, -0.05) is 30.5 Å². The smallest absolute Gasteiger partial charge is 0.255 e. The number of fused-ring (bicyclic) bond motifs is 1. The number of rotatable bonds is 4. The number of anilines is 2. The number of nitrogens with zero attached hydrogens (tertiary/aromatic N) is 3. The molecule has 3 aromatic rings. The predicted octanol–water partition coefficient (Wildman–Crippen LogP) is 4.00. The topological polar surface area (TPSA) is 71.8 Å². The molecule has 0 aliphatic heterocycles. The maximum atomic E-state index is 13.0. The van der Waals surface area contributed by atoms with Crippen LogP contribution >= 0.6 is 0 Å². The van der Waals surface area contributed by atoms with Gasteiger partial charge in [-0.2, -0.15) is 5.10 Å². The summed E-state index contributed by atoms with van der Waals surface area (Å²) in [7, 11) is 1.87. The van der Waals surface area contributed by atoms with Crippen LogP contribution in [0.3, 0.4) is 0 Å². The lowest BCUT2D eigenvalue weighted by Crippen LogP contribution is -2.33. The van der Waals surface area contributed by atoms with Gasteiger partial charge in [0.05, 0.1) is 22.3 Å². The molecule has 27 heavy (non-hydrogen) atoms. The number of carbonyl (C=O) groups is 1. The Morgan fingerprint density at radius 2 is 1.85 bits per heavy atom. The number of aryl methyl sites for hydroxylation is 3. The average Bonchev–Trinajstić information content (AvgIpc) is 3.25. The third kappa shape index (κ3) is 3.39. The summed E-state index contributed by atoms with van der Waals surface area (Å²) in [5.41, 5.74) is 5.07. The van der Waals surface area contributed by atoms with E-state index in [9.17, 15) is 4.79 Å². The Morgan fingerprint density at radius 1 is 1.15 bits per heavy atom. The quantitative estimate of drug-likeness (QED) is 0.735. The van der Waals surface area contributed by atoms with Crippen molar-refractivity contribution in [3.05, 3.63) is 47.3 Å². The number of pyridine rings is 1. The molecule has 6 nitrogen and oxygen atoms in total. The summed E-state index contributed by atoms with van der Waals surface area (Å²) in [6.07, 6.45) is 6.11. The maximum Gasteiger partial charge on any atom is 0.255 e. The highest BCUT2D eigenvalue weighted by molar-refractivity contribution is 6.08. The van der Waals surface area contributed by atoms with Gasteiger partial charge in [-0.3, -0.25) is 9.48 Å². The number of hydrogen-bond acceptors (Lipinski definition) is 4. The van der Waals surface area contributed by atoms with Gasteiger partial charge >= 0.3 is 0 Å². The molecule has 1 aliphatic carbocycles. The van der Waals surface area contributed by atoms with E-state index in [-0.39, 0.29) is 11.9 Å². The van der Waals surface area contributed by atoms with Crippen LogP contribution < -0.4 is 10.6 Å². The Balaban J connectivity index is 1.78. The van der Waals surface area contributed by atoms with E-state index in [1.54, 1.807) is 10.9 Å². The summed E-state index contributed by atoms with van der Waals surface area (Å²) in [6, 6.07) is 8.40. The second kappa shape index (κ2) is 7.02. The maximum absolute atomic E-state index is 13.0. The van der Waals surface area contributed by atoms with Crippen LogP contribution in [-0.2, 0) is 7.05 Å². The van der Waals surface area contributed by atoms with Gasteiger partial charge in [0.1, 0.15) is 0 Å². The Bertz CT molecular complexity index is 984. The number of nitrogens with one attached hydrogen (secondary N) is 2. The summed E-state index contributed by atoms with van der Waals surface area (Å²) < 4.78 is 1.75. The zero-order valence-corrected chi connectivity index (χ0v) is 16.0. The molecule has 4 rings (SSSR count). The molecular weight excluding hydrogens is 338 g/mol. The molecule has 2 N–H and O–H groups in total. The van der Waals surface area contributed by atoms with Crippen molar-refractivity contribution in [2.45, 2.75) is 45.6 Å². The minimum absolute atomic E-state index is 0.0748. The normalized spacial score (nSPS) is 14.6. The first-order chi connectivity index (χ1) is 13.0. The first kappa shape index (κ1) is 17.5. The molecule has 1 amide bonds. The third-order valence-corrected chi connectivity index (χ3v) is 5.28. The molecule has 1 aromatic carbocycles. The Morgan fingerprint density at radius 3 is 2.56 bits per heavy atom. The van der Waals surface area contributed by atoms with E-state index in [1.807, 2.05) is 26.1 Å². The fourth-order valence-electron chi connectivity index (χ4n) is 3.83. The van der Waals surface area contributed by atoms with Gasteiger partial charge in [0.15, 0.2) is 5.65 Å². The highest BCUT2D eigenvalue weighted by atomic mass is 16.1. The molecule has 1 fully saturated rings. The molecule has 2 heterocycles.